The largest absolute Gasteiger partial charge is 0.397 e. The van der Waals surface area contributed by atoms with E-state index in [0.29, 0.717) is 6.04 Å². The molecule has 0 amide bonds. The molecule has 1 saturated heterocycles. The number of anilines is 2. The van der Waals surface area contributed by atoms with Crippen molar-refractivity contribution in [2.24, 2.45) is 0 Å². The summed E-state index contributed by atoms with van der Waals surface area (Å²) in [5.74, 6) is 0. The monoisotopic (exact) mass is 258 g/mol. The first-order valence-electron chi connectivity index (χ1n) is 7.55. The Labute approximate surface area is 114 Å². The number of hydrogen-bond donors (Lipinski definition) is 1. The van der Waals surface area contributed by atoms with E-state index in [2.05, 4.69) is 17.0 Å². The Kier molecular flexibility index (Phi) is 2.52. The predicted molar refractivity (Wildman–Crippen MR) is 77.5 cm³/mol. The average Bonchev–Trinajstić information content (AvgIpc) is 2.82. The average molecular weight is 258 g/mol. The van der Waals surface area contributed by atoms with Crippen LogP contribution in [0.25, 0.3) is 0 Å². The molecule has 3 heteroatoms. The molecule has 1 spiro atoms. The molecule has 1 atom stereocenters. The van der Waals surface area contributed by atoms with Crippen LogP contribution in [0.1, 0.15) is 37.7 Å². The minimum Gasteiger partial charge on any atom is -0.397 e. The van der Waals surface area contributed by atoms with Crippen LogP contribution in [-0.2, 0) is 11.2 Å². The van der Waals surface area contributed by atoms with Crippen molar-refractivity contribution in [1.29, 1.82) is 0 Å². The van der Waals surface area contributed by atoms with Gasteiger partial charge in [0.05, 0.1) is 17.0 Å². The quantitative estimate of drug-likeness (QED) is 0.787. The summed E-state index contributed by atoms with van der Waals surface area (Å²) < 4.78 is 6.05. The van der Waals surface area contributed by atoms with Crippen molar-refractivity contribution < 1.29 is 4.74 Å². The van der Waals surface area contributed by atoms with E-state index in [1.54, 1.807) is 0 Å². The highest BCUT2D eigenvalue weighted by atomic mass is 16.5. The second kappa shape index (κ2) is 4.14. The number of nitrogens with two attached hydrogens (primary N) is 1. The molecule has 2 N–H and O–H groups in total. The van der Waals surface area contributed by atoms with Gasteiger partial charge >= 0.3 is 0 Å². The molecule has 1 saturated carbocycles. The number of ether oxygens (including phenoxy) is 1. The third-order valence-corrected chi connectivity index (χ3v) is 5.23. The van der Waals surface area contributed by atoms with Crippen LogP contribution in [0.5, 0.6) is 0 Å². The molecule has 1 unspecified atom stereocenters. The van der Waals surface area contributed by atoms with E-state index in [1.807, 2.05) is 6.07 Å². The SMILES string of the molecule is Nc1cccc2c1N(C1CCOC3(CCC3)C1)CC2. The second-order valence-electron chi connectivity index (χ2n) is 6.33. The van der Waals surface area contributed by atoms with Crippen LogP contribution in [0, 0.1) is 0 Å². The van der Waals surface area contributed by atoms with Gasteiger partial charge in [0.1, 0.15) is 0 Å². The lowest BCUT2D eigenvalue weighted by Crippen LogP contribution is -2.52. The van der Waals surface area contributed by atoms with Crippen LogP contribution in [0.2, 0.25) is 0 Å². The van der Waals surface area contributed by atoms with Crippen LogP contribution >= 0.6 is 0 Å². The van der Waals surface area contributed by atoms with Crippen LogP contribution in [0.4, 0.5) is 11.4 Å². The highest BCUT2D eigenvalue weighted by molar-refractivity contribution is 5.74. The maximum atomic E-state index is 6.21. The molecule has 2 heterocycles. The summed E-state index contributed by atoms with van der Waals surface area (Å²) in [5.41, 5.74) is 10.1. The van der Waals surface area contributed by atoms with Gasteiger partial charge in [-0.1, -0.05) is 12.1 Å². The van der Waals surface area contributed by atoms with Crippen LogP contribution in [0.3, 0.4) is 0 Å². The van der Waals surface area contributed by atoms with Crippen molar-refractivity contribution in [1.82, 2.24) is 0 Å². The number of nitrogen functional groups attached to an aromatic ring is 1. The van der Waals surface area contributed by atoms with Gasteiger partial charge in [-0.3, -0.25) is 0 Å². The third kappa shape index (κ3) is 1.75. The van der Waals surface area contributed by atoms with Crippen molar-refractivity contribution in [3.8, 4) is 0 Å². The van der Waals surface area contributed by atoms with Gasteiger partial charge in [0.2, 0.25) is 0 Å². The maximum Gasteiger partial charge on any atom is 0.0702 e. The minimum absolute atomic E-state index is 0.217. The zero-order chi connectivity index (χ0) is 12.9. The summed E-state index contributed by atoms with van der Waals surface area (Å²) >= 11 is 0. The Morgan fingerprint density at radius 2 is 2.21 bits per heavy atom. The Morgan fingerprint density at radius 3 is 3.00 bits per heavy atom. The molecule has 2 aliphatic heterocycles. The fourth-order valence-corrected chi connectivity index (χ4v) is 4.07. The van der Waals surface area contributed by atoms with E-state index in [1.165, 1.54) is 36.9 Å². The van der Waals surface area contributed by atoms with Crippen molar-refractivity contribution in [2.75, 3.05) is 23.8 Å². The van der Waals surface area contributed by atoms with Crippen molar-refractivity contribution in [3.05, 3.63) is 23.8 Å². The number of nitrogens with zero attached hydrogens (tertiary/aromatic N) is 1. The molecule has 0 aromatic heterocycles. The molecule has 3 nitrogen and oxygen atoms in total. The Bertz CT molecular complexity index is 496. The third-order valence-electron chi connectivity index (χ3n) is 5.23. The summed E-state index contributed by atoms with van der Waals surface area (Å²) in [6.07, 6.45) is 7.34. The van der Waals surface area contributed by atoms with E-state index in [-0.39, 0.29) is 5.60 Å². The van der Waals surface area contributed by atoms with E-state index >= 15 is 0 Å². The molecule has 19 heavy (non-hydrogen) atoms. The van der Waals surface area contributed by atoms with Crippen molar-refractivity contribution in [2.45, 2.75) is 50.2 Å². The van der Waals surface area contributed by atoms with E-state index < -0.39 is 0 Å². The lowest BCUT2D eigenvalue weighted by molar-refractivity contribution is -0.132. The van der Waals surface area contributed by atoms with Crippen LogP contribution < -0.4 is 10.6 Å². The molecular weight excluding hydrogens is 236 g/mol. The first-order valence-corrected chi connectivity index (χ1v) is 7.55. The summed E-state index contributed by atoms with van der Waals surface area (Å²) in [7, 11) is 0. The zero-order valence-electron chi connectivity index (χ0n) is 11.4. The lowest BCUT2D eigenvalue weighted by Gasteiger charge is -2.49. The van der Waals surface area contributed by atoms with Gasteiger partial charge in [-0.25, -0.2) is 0 Å². The first-order chi connectivity index (χ1) is 9.27. The predicted octanol–water partition coefficient (Wildman–Crippen LogP) is 2.73. The zero-order valence-corrected chi connectivity index (χ0v) is 11.4. The lowest BCUT2D eigenvalue weighted by atomic mass is 9.73. The van der Waals surface area contributed by atoms with Crippen molar-refractivity contribution >= 4 is 11.4 Å². The van der Waals surface area contributed by atoms with Crippen molar-refractivity contribution in [3.63, 3.8) is 0 Å². The van der Waals surface area contributed by atoms with E-state index in [4.69, 9.17) is 10.5 Å². The molecule has 3 aliphatic rings. The van der Waals surface area contributed by atoms with E-state index in [0.717, 1.165) is 31.7 Å². The summed E-state index contributed by atoms with van der Waals surface area (Å²) in [6, 6.07) is 6.97. The maximum absolute atomic E-state index is 6.21. The van der Waals surface area contributed by atoms with Gasteiger partial charge in [-0.2, -0.15) is 0 Å². The van der Waals surface area contributed by atoms with Gasteiger partial charge in [-0.05, 0) is 50.2 Å². The number of fused-ring (bicyclic) bond motifs is 1. The first kappa shape index (κ1) is 11.6. The van der Waals surface area contributed by atoms with Gasteiger partial charge in [0.15, 0.2) is 0 Å². The smallest absolute Gasteiger partial charge is 0.0702 e. The second-order valence-corrected chi connectivity index (χ2v) is 6.33. The molecular formula is C16H22N2O. The molecule has 1 aromatic carbocycles. The summed E-state index contributed by atoms with van der Waals surface area (Å²) in [6.45, 7) is 2.05. The van der Waals surface area contributed by atoms with Gasteiger partial charge in [-0.15, -0.1) is 0 Å². The molecule has 2 fully saturated rings. The standard InChI is InChI=1S/C16H22N2O/c17-14-4-1-3-12-5-9-18(15(12)14)13-6-10-19-16(11-13)7-2-8-16/h1,3-4,13H,2,5-11,17H2. The Morgan fingerprint density at radius 1 is 1.32 bits per heavy atom. The summed E-state index contributed by atoms with van der Waals surface area (Å²) in [4.78, 5) is 2.56. The Hall–Kier alpha value is -1.22. The van der Waals surface area contributed by atoms with Crippen LogP contribution in [0.15, 0.2) is 18.2 Å². The molecule has 1 aliphatic carbocycles. The topological polar surface area (TPSA) is 38.5 Å². The van der Waals surface area contributed by atoms with Gasteiger partial charge in [0, 0.05) is 19.2 Å². The number of hydrogen-bond acceptors (Lipinski definition) is 3. The number of rotatable bonds is 1. The van der Waals surface area contributed by atoms with E-state index in [9.17, 15) is 0 Å². The fraction of sp³-hybridized carbons (Fsp3) is 0.625. The number of benzene rings is 1. The molecule has 1 aromatic rings. The molecule has 0 radical (unpaired) electrons. The van der Waals surface area contributed by atoms with Gasteiger partial charge < -0.3 is 15.4 Å². The Balaban J connectivity index is 1.61. The highest BCUT2D eigenvalue weighted by Gasteiger charge is 2.44. The minimum atomic E-state index is 0.217. The molecule has 102 valence electrons. The molecule has 0 bridgehead atoms. The summed E-state index contributed by atoms with van der Waals surface area (Å²) in [5, 5.41) is 0. The van der Waals surface area contributed by atoms with Crippen LogP contribution in [-0.4, -0.2) is 24.8 Å². The number of para-hydroxylation sites is 1. The highest BCUT2D eigenvalue weighted by Crippen LogP contribution is 2.46. The fourth-order valence-electron chi connectivity index (χ4n) is 4.07. The molecule has 4 rings (SSSR count). The van der Waals surface area contributed by atoms with Gasteiger partial charge in [0.25, 0.3) is 0 Å². The normalized spacial score (nSPS) is 28.2.